The predicted molar refractivity (Wildman–Crippen MR) is 109 cm³/mol. The summed E-state index contributed by atoms with van der Waals surface area (Å²) < 4.78 is 59.7. The maximum absolute atomic E-state index is 12.6. The Morgan fingerprint density at radius 1 is 0.893 bits per heavy atom. The molecule has 1 N–H and O–H groups in total. The fraction of sp³-hybridized carbons (Fsp3) is 0.333. The van der Waals surface area contributed by atoms with E-state index in [4.69, 9.17) is 4.74 Å². The molecule has 0 amide bonds. The summed E-state index contributed by atoms with van der Waals surface area (Å²) in [6.07, 6.45) is 0.452. The van der Waals surface area contributed by atoms with Crippen LogP contribution in [0.15, 0.2) is 62.8 Å². The van der Waals surface area contributed by atoms with E-state index in [0.29, 0.717) is 32.7 Å². The van der Waals surface area contributed by atoms with Crippen molar-refractivity contribution in [1.82, 2.24) is 9.03 Å². The zero-order valence-electron chi connectivity index (χ0n) is 15.0. The molecule has 0 aromatic heterocycles. The quantitative estimate of drug-likeness (QED) is 0.643. The lowest BCUT2D eigenvalue weighted by Gasteiger charge is -2.26. The van der Waals surface area contributed by atoms with E-state index in [1.54, 1.807) is 36.4 Å². The number of halogens is 1. The number of benzene rings is 2. The summed E-state index contributed by atoms with van der Waals surface area (Å²) in [5.74, 6) is 0. The topological polar surface area (TPSA) is 92.8 Å². The molecule has 1 aliphatic rings. The second kappa shape index (κ2) is 9.02. The van der Waals surface area contributed by atoms with Gasteiger partial charge in [0, 0.05) is 24.1 Å². The summed E-state index contributed by atoms with van der Waals surface area (Å²) in [5, 5.41) is 0. The van der Waals surface area contributed by atoms with Crippen LogP contribution in [-0.4, -0.2) is 54.0 Å². The fourth-order valence-corrected chi connectivity index (χ4v) is 5.50. The van der Waals surface area contributed by atoms with Gasteiger partial charge in [0.25, 0.3) is 0 Å². The summed E-state index contributed by atoms with van der Waals surface area (Å²) in [7, 11) is -7.10. The molecule has 7 nitrogen and oxygen atoms in total. The lowest BCUT2D eigenvalue weighted by Crippen LogP contribution is -2.40. The minimum absolute atomic E-state index is 0.197. The number of morpholine rings is 1. The fourth-order valence-electron chi connectivity index (χ4n) is 2.79. The predicted octanol–water partition coefficient (Wildman–Crippen LogP) is 1.99. The van der Waals surface area contributed by atoms with E-state index in [0.717, 1.165) is 10.0 Å². The van der Waals surface area contributed by atoms with Crippen LogP contribution in [0.2, 0.25) is 0 Å². The zero-order valence-corrected chi connectivity index (χ0v) is 18.3. The van der Waals surface area contributed by atoms with E-state index in [1.807, 2.05) is 0 Å². The van der Waals surface area contributed by atoms with Crippen molar-refractivity contribution >= 4 is 36.0 Å². The molecular weight excluding hydrogens is 468 g/mol. The van der Waals surface area contributed by atoms with Gasteiger partial charge in [0.2, 0.25) is 20.0 Å². The number of nitrogens with one attached hydrogen (secondary N) is 1. The number of hydrogen-bond donors (Lipinski definition) is 1. The van der Waals surface area contributed by atoms with Crippen molar-refractivity contribution in [2.24, 2.45) is 0 Å². The highest BCUT2D eigenvalue weighted by molar-refractivity contribution is 9.10. The molecule has 0 bridgehead atoms. The van der Waals surface area contributed by atoms with Gasteiger partial charge >= 0.3 is 0 Å². The minimum Gasteiger partial charge on any atom is -0.379 e. The number of sulfonamides is 2. The van der Waals surface area contributed by atoms with Crippen LogP contribution < -0.4 is 4.72 Å². The number of nitrogens with zero attached hydrogens (tertiary/aromatic N) is 1. The van der Waals surface area contributed by atoms with Crippen LogP contribution in [0.3, 0.4) is 0 Å². The number of ether oxygens (including phenoxy) is 1. The molecule has 1 aliphatic heterocycles. The molecule has 0 atom stereocenters. The normalized spacial score (nSPS) is 16.2. The van der Waals surface area contributed by atoms with Gasteiger partial charge in [-0.2, -0.15) is 4.31 Å². The van der Waals surface area contributed by atoms with E-state index < -0.39 is 20.0 Å². The summed E-state index contributed by atoms with van der Waals surface area (Å²) in [6.45, 7) is 1.71. The Labute approximate surface area is 173 Å². The van der Waals surface area contributed by atoms with Gasteiger partial charge in [-0.15, -0.1) is 0 Å². The van der Waals surface area contributed by atoms with Crippen LogP contribution >= 0.6 is 15.9 Å². The van der Waals surface area contributed by atoms with Gasteiger partial charge in [0.15, 0.2) is 0 Å². The highest BCUT2D eigenvalue weighted by Gasteiger charge is 2.26. The highest BCUT2D eigenvalue weighted by Crippen LogP contribution is 2.18. The molecule has 1 heterocycles. The second-order valence-corrected chi connectivity index (χ2v) is 10.9. The first-order chi connectivity index (χ1) is 13.3. The smallest absolute Gasteiger partial charge is 0.243 e. The molecule has 152 valence electrons. The summed E-state index contributed by atoms with van der Waals surface area (Å²) in [6, 6.07) is 12.9. The van der Waals surface area contributed by atoms with Crippen LogP contribution in [0, 0.1) is 0 Å². The van der Waals surface area contributed by atoms with Gasteiger partial charge in [-0.3, -0.25) is 0 Å². The molecule has 0 saturated carbocycles. The molecular formula is C18H21BrN2O5S2. The lowest BCUT2D eigenvalue weighted by atomic mass is 10.2. The average Bonchev–Trinajstić information content (AvgIpc) is 2.69. The molecule has 2 aromatic carbocycles. The van der Waals surface area contributed by atoms with Crippen molar-refractivity contribution in [3.05, 3.63) is 58.6 Å². The van der Waals surface area contributed by atoms with Gasteiger partial charge in [0.1, 0.15) is 0 Å². The van der Waals surface area contributed by atoms with Gasteiger partial charge in [-0.25, -0.2) is 21.6 Å². The number of hydrogen-bond acceptors (Lipinski definition) is 5. The van der Waals surface area contributed by atoms with E-state index in [1.165, 1.54) is 16.4 Å². The summed E-state index contributed by atoms with van der Waals surface area (Å²) in [4.78, 5) is 0.427. The number of rotatable bonds is 7. The summed E-state index contributed by atoms with van der Waals surface area (Å²) >= 11 is 3.27. The largest absolute Gasteiger partial charge is 0.379 e. The monoisotopic (exact) mass is 488 g/mol. The average molecular weight is 489 g/mol. The van der Waals surface area contributed by atoms with Crippen molar-refractivity contribution in [3.8, 4) is 0 Å². The summed E-state index contributed by atoms with van der Waals surface area (Å²) in [5.41, 5.74) is 0.847. The van der Waals surface area contributed by atoms with E-state index in [9.17, 15) is 16.8 Å². The van der Waals surface area contributed by atoms with Gasteiger partial charge in [-0.1, -0.05) is 28.1 Å². The standard InChI is InChI=1S/C18H21BrN2O5S2/c19-16-3-7-17(8-4-16)27(22,23)20-10-9-15-1-5-18(6-2-15)28(24,25)21-11-13-26-14-12-21/h1-8,20H,9-14H2. The van der Waals surface area contributed by atoms with Crippen molar-refractivity contribution in [2.75, 3.05) is 32.8 Å². The molecule has 1 fully saturated rings. The maximum atomic E-state index is 12.6. The Hall–Kier alpha value is -1.30. The van der Waals surface area contributed by atoms with Crippen molar-refractivity contribution in [1.29, 1.82) is 0 Å². The SMILES string of the molecule is O=S(=O)(NCCc1ccc(S(=O)(=O)N2CCOCC2)cc1)c1ccc(Br)cc1. The van der Waals surface area contributed by atoms with Crippen LogP contribution in [0.1, 0.15) is 5.56 Å². The first kappa shape index (κ1) is 21.4. The van der Waals surface area contributed by atoms with E-state index in [2.05, 4.69) is 20.7 Å². The van der Waals surface area contributed by atoms with Crippen LogP contribution in [0.5, 0.6) is 0 Å². The Balaban J connectivity index is 1.59. The highest BCUT2D eigenvalue weighted by atomic mass is 79.9. The third-order valence-electron chi connectivity index (χ3n) is 4.36. The maximum Gasteiger partial charge on any atom is 0.243 e. The third kappa shape index (κ3) is 5.19. The Morgan fingerprint density at radius 2 is 1.46 bits per heavy atom. The van der Waals surface area contributed by atoms with Gasteiger partial charge in [-0.05, 0) is 48.4 Å². The molecule has 3 rings (SSSR count). The lowest BCUT2D eigenvalue weighted by molar-refractivity contribution is 0.0730. The van der Waals surface area contributed by atoms with Gasteiger partial charge < -0.3 is 4.74 Å². The minimum atomic E-state index is -3.58. The first-order valence-electron chi connectivity index (χ1n) is 8.71. The molecule has 28 heavy (non-hydrogen) atoms. The van der Waals surface area contributed by atoms with Crippen molar-refractivity contribution in [3.63, 3.8) is 0 Å². The van der Waals surface area contributed by atoms with Crippen LogP contribution in [-0.2, 0) is 31.2 Å². The van der Waals surface area contributed by atoms with E-state index >= 15 is 0 Å². The molecule has 0 aliphatic carbocycles. The van der Waals surface area contributed by atoms with E-state index in [-0.39, 0.29) is 16.3 Å². The van der Waals surface area contributed by atoms with Gasteiger partial charge in [0.05, 0.1) is 23.0 Å². The molecule has 0 unspecified atom stereocenters. The van der Waals surface area contributed by atoms with Crippen molar-refractivity contribution < 1.29 is 21.6 Å². The second-order valence-electron chi connectivity index (χ2n) is 6.26. The third-order valence-corrected chi connectivity index (χ3v) is 8.28. The Morgan fingerprint density at radius 3 is 2.07 bits per heavy atom. The van der Waals surface area contributed by atoms with Crippen LogP contribution in [0.25, 0.3) is 0 Å². The molecule has 10 heteroatoms. The Bertz CT molecular complexity index is 1000. The Kier molecular flexibility index (Phi) is 6.89. The first-order valence-corrected chi connectivity index (χ1v) is 12.4. The molecule has 0 spiro atoms. The molecule has 0 radical (unpaired) electrons. The molecule has 1 saturated heterocycles. The van der Waals surface area contributed by atoms with Crippen LogP contribution in [0.4, 0.5) is 0 Å². The molecule has 2 aromatic rings. The van der Waals surface area contributed by atoms with Crippen molar-refractivity contribution in [2.45, 2.75) is 16.2 Å². The zero-order chi connectivity index (χ0) is 20.2.